The summed E-state index contributed by atoms with van der Waals surface area (Å²) in [6.07, 6.45) is 3.52. The molecule has 2 aromatic carbocycles. The van der Waals surface area contributed by atoms with Gasteiger partial charge >= 0.3 is 0 Å². The lowest BCUT2D eigenvalue weighted by molar-refractivity contribution is -0.119. The number of aryl methyl sites for hydroxylation is 3. The topological polar surface area (TPSA) is 69.3 Å². The van der Waals surface area contributed by atoms with E-state index in [2.05, 4.69) is 39.9 Å². The zero-order valence-electron chi connectivity index (χ0n) is 14.7. The molecule has 0 saturated carbocycles. The number of aromatic nitrogens is 1. The van der Waals surface area contributed by atoms with Crippen LogP contribution in [0.5, 0.6) is 0 Å². The Balaban J connectivity index is 1.58. The number of hydrogen-bond donors (Lipinski definition) is 3. The maximum atomic E-state index is 12.0. The van der Waals surface area contributed by atoms with Gasteiger partial charge in [0.05, 0.1) is 12.8 Å². The van der Waals surface area contributed by atoms with Crippen molar-refractivity contribution < 1.29 is 4.79 Å². The first-order valence-electron chi connectivity index (χ1n) is 8.24. The maximum Gasteiger partial charge on any atom is 0.259 e. The second kappa shape index (κ2) is 7.21. The number of nitrogens with one attached hydrogen (secondary N) is 3. The third-order valence-corrected chi connectivity index (χ3v) is 4.12. The first-order valence-corrected chi connectivity index (χ1v) is 8.24. The van der Waals surface area contributed by atoms with E-state index in [0.717, 1.165) is 33.3 Å². The Morgan fingerprint density at radius 2 is 1.88 bits per heavy atom. The van der Waals surface area contributed by atoms with Gasteiger partial charge in [-0.05, 0) is 38.0 Å². The smallest absolute Gasteiger partial charge is 0.259 e. The number of nitrogens with zero attached hydrogens (tertiary/aromatic N) is 1. The van der Waals surface area contributed by atoms with E-state index in [4.69, 9.17) is 0 Å². The number of amides is 1. The van der Waals surface area contributed by atoms with E-state index in [-0.39, 0.29) is 12.5 Å². The van der Waals surface area contributed by atoms with Crippen LogP contribution in [0.4, 0.5) is 5.69 Å². The summed E-state index contributed by atoms with van der Waals surface area (Å²) in [6.45, 7) is 6.32. The number of para-hydroxylation sites is 1. The molecule has 1 heterocycles. The van der Waals surface area contributed by atoms with Gasteiger partial charge in [-0.3, -0.25) is 4.79 Å². The first kappa shape index (κ1) is 16.8. The van der Waals surface area contributed by atoms with Gasteiger partial charge in [-0.1, -0.05) is 35.9 Å². The second-order valence-electron chi connectivity index (χ2n) is 6.21. The molecular formula is C20H22N4O. The van der Waals surface area contributed by atoms with Crippen molar-refractivity contribution in [1.82, 2.24) is 10.4 Å². The molecule has 5 heteroatoms. The molecule has 0 aliphatic carbocycles. The summed E-state index contributed by atoms with van der Waals surface area (Å²) in [5.41, 5.74) is 9.02. The molecular weight excluding hydrogens is 312 g/mol. The number of anilines is 1. The standard InChI is InChI=1S/C20H22N4O/c1-13-8-14(2)20(15(3)9-13)22-12-19(25)24-23-11-16-10-21-18-7-5-4-6-17(16)18/h4-11,21-22H,12H2,1-3H3,(H,24,25)/b23-11+. The van der Waals surface area contributed by atoms with E-state index in [1.807, 2.05) is 44.3 Å². The van der Waals surface area contributed by atoms with Gasteiger partial charge in [-0.15, -0.1) is 0 Å². The quantitative estimate of drug-likeness (QED) is 0.492. The van der Waals surface area contributed by atoms with Crippen LogP contribution >= 0.6 is 0 Å². The van der Waals surface area contributed by atoms with Crippen molar-refractivity contribution in [2.75, 3.05) is 11.9 Å². The minimum atomic E-state index is -0.185. The number of rotatable bonds is 5. The number of hydrogen-bond acceptors (Lipinski definition) is 3. The predicted octanol–water partition coefficient (Wildman–Crippen LogP) is 3.66. The Kier molecular flexibility index (Phi) is 4.84. The van der Waals surface area contributed by atoms with E-state index < -0.39 is 0 Å². The van der Waals surface area contributed by atoms with Gasteiger partial charge in [-0.2, -0.15) is 5.10 Å². The van der Waals surface area contributed by atoms with Crippen LogP contribution in [0.3, 0.4) is 0 Å². The van der Waals surface area contributed by atoms with Crippen molar-refractivity contribution in [1.29, 1.82) is 0 Å². The van der Waals surface area contributed by atoms with E-state index in [9.17, 15) is 4.79 Å². The van der Waals surface area contributed by atoms with E-state index in [1.165, 1.54) is 5.56 Å². The Morgan fingerprint density at radius 3 is 2.64 bits per heavy atom. The van der Waals surface area contributed by atoms with Crippen molar-refractivity contribution >= 4 is 28.7 Å². The summed E-state index contributed by atoms with van der Waals surface area (Å²) in [6, 6.07) is 12.2. The molecule has 0 spiro atoms. The molecule has 0 bridgehead atoms. The average Bonchev–Trinajstić information content (AvgIpc) is 2.97. The summed E-state index contributed by atoms with van der Waals surface area (Å²) in [7, 11) is 0. The van der Waals surface area contributed by atoms with Crippen molar-refractivity contribution in [2.24, 2.45) is 5.10 Å². The molecule has 0 saturated heterocycles. The van der Waals surface area contributed by atoms with Gasteiger partial charge < -0.3 is 10.3 Å². The van der Waals surface area contributed by atoms with Crippen LogP contribution in [0.25, 0.3) is 10.9 Å². The lowest BCUT2D eigenvalue weighted by atomic mass is 10.1. The SMILES string of the molecule is Cc1cc(C)c(NCC(=O)N/N=C/c2c[nH]c3ccccc23)c(C)c1. The van der Waals surface area contributed by atoms with Gasteiger partial charge in [0.25, 0.3) is 5.91 Å². The summed E-state index contributed by atoms with van der Waals surface area (Å²) in [5.74, 6) is -0.185. The van der Waals surface area contributed by atoms with Gasteiger partial charge in [-0.25, -0.2) is 5.43 Å². The van der Waals surface area contributed by atoms with Crippen LogP contribution in [0, 0.1) is 20.8 Å². The van der Waals surface area contributed by atoms with Crippen LogP contribution in [0.2, 0.25) is 0 Å². The Labute approximate surface area is 147 Å². The molecule has 3 rings (SSSR count). The summed E-state index contributed by atoms with van der Waals surface area (Å²) < 4.78 is 0. The van der Waals surface area contributed by atoms with Crippen LogP contribution < -0.4 is 10.7 Å². The van der Waals surface area contributed by atoms with Crippen LogP contribution in [0.1, 0.15) is 22.3 Å². The first-order chi connectivity index (χ1) is 12.0. The Morgan fingerprint density at radius 1 is 1.16 bits per heavy atom. The number of carbonyl (C=O) groups is 1. The number of hydrazone groups is 1. The average molecular weight is 334 g/mol. The zero-order chi connectivity index (χ0) is 17.8. The fourth-order valence-corrected chi connectivity index (χ4v) is 3.04. The van der Waals surface area contributed by atoms with Crippen LogP contribution in [-0.2, 0) is 4.79 Å². The summed E-state index contributed by atoms with van der Waals surface area (Å²) in [5, 5.41) is 8.31. The van der Waals surface area contributed by atoms with Gasteiger partial charge in [0.1, 0.15) is 0 Å². The third-order valence-electron chi connectivity index (χ3n) is 4.12. The third kappa shape index (κ3) is 3.88. The highest BCUT2D eigenvalue weighted by Crippen LogP contribution is 2.21. The van der Waals surface area contributed by atoms with E-state index in [0.29, 0.717) is 0 Å². The Hall–Kier alpha value is -3.08. The van der Waals surface area contributed by atoms with Crippen molar-refractivity contribution in [2.45, 2.75) is 20.8 Å². The molecule has 25 heavy (non-hydrogen) atoms. The van der Waals surface area contributed by atoms with Crippen LogP contribution in [-0.4, -0.2) is 23.7 Å². The highest BCUT2D eigenvalue weighted by atomic mass is 16.2. The molecule has 0 radical (unpaired) electrons. The molecule has 0 atom stereocenters. The van der Waals surface area contributed by atoms with Crippen molar-refractivity contribution in [3.05, 3.63) is 64.8 Å². The molecule has 1 amide bonds. The predicted molar refractivity (Wildman–Crippen MR) is 103 cm³/mol. The number of H-pyrrole nitrogens is 1. The fraction of sp³-hybridized carbons (Fsp3) is 0.200. The highest BCUT2D eigenvalue weighted by molar-refractivity contribution is 5.99. The lowest BCUT2D eigenvalue weighted by Crippen LogP contribution is -2.26. The highest BCUT2D eigenvalue weighted by Gasteiger charge is 2.06. The molecule has 3 aromatic rings. The molecule has 0 unspecified atom stereocenters. The molecule has 0 fully saturated rings. The van der Waals surface area contributed by atoms with Gasteiger partial charge in [0.2, 0.25) is 0 Å². The molecule has 3 N–H and O–H groups in total. The lowest BCUT2D eigenvalue weighted by Gasteiger charge is -2.13. The van der Waals surface area contributed by atoms with Crippen molar-refractivity contribution in [3.8, 4) is 0 Å². The van der Waals surface area contributed by atoms with E-state index in [1.54, 1.807) is 6.21 Å². The monoisotopic (exact) mass is 334 g/mol. The minimum absolute atomic E-state index is 0.177. The number of benzene rings is 2. The summed E-state index contributed by atoms with van der Waals surface area (Å²) in [4.78, 5) is 15.2. The summed E-state index contributed by atoms with van der Waals surface area (Å²) >= 11 is 0. The Bertz CT molecular complexity index is 917. The van der Waals surface area contributed by atoms with Gasteiger partial charge in [0.15, 0.2) is 0 Å². The van der Waals surface area contributed by atoms with Crippen LogP contribution in [0.15, 0.2) is 47.7 Å². The van der Waals surface area contributed by atoms with Gasteiger partial charge in [0, 0.05) is 28.4 Å². The van der Waals surface area contributed by atoms with E-state index >= 15 is 0 Å². The minimum Gasteiger partial charge on any atom is -0.376 e. The molecule has 0 aliphatic heterocycles. The molecule has 5 nitrogen and oxygen atoms in total. The largest absolute Gasteiger partial charge is 0.376 e. The number of fused-ring (bicyclic) bond motifs is 1. The molecule has 0 aliphatic rings. The fourth-order valence-electron chi connectivity index (χ4n) is 3.04. The zero-order valence-corrected chi connectivity index (χ0v) is 14.7. The normalized spacial score (nSPS) is 11.2. The molecule has 1 aromatic heterocycles. The second-order valence-corrected chi connectivity index (χ2v) is 6.21. The van der Waals surface area contributed by atoms with Crippen molar-refractivity contribution in [3.63, 3.8) is 0 Å². The number of aromatic amines is 1. The number of carbonyl (C=O) groups excluding carboxylic acids is 1. The molecule has 128 valence electrons. The maximum absolute atomic E-state index is 12.0.